The van der Waals surface area contributed by atoms with Crippen LogP contribution in [0.25, 0.3) is 0 Å². The lowest BCUT2D eigenvalue weighted by Crippen LogP contribution is -2.30. The van der Waals surface area contributed by atoms with Gasteiger partial charge >= 0.3 is 0 Å². The van der Waals surface area contributed by atoms with Crippen LogP contribution in [0.3, 0.4) is 0 Å². The van der Waals surface area contributed by atoms with E-state index >= 15 is 0 Å². The standard InChI is InChI=1S/C18H20ClNO2S/c19-15-8-10-16(11-9-15)23-13-18(22)20-17(7-4-12-21)14-5-2-1-3-6-14/h1-3,5-6,8-11,17,21H,4,7,12-13H2,(H,20,22). The van der Waals surface area contributed by atoms with E-state index in [-0.39, 0.29) is 18.6 Å². The smallest absolute Gasteiger partial charge is 0.230 e. The lowest BCUT2D eigenvalue weighted by Gasteiger charge is -2.19. The fourth-order valence-corrected chi connectivity index (χ4v) is 3.05. The van der Waals surface area contributed by atoms with Gasteiger partial charge < -0.3 is 10.4 Å². The predicted molar refractivity (Wildman–Crippen MR) is 95.8 cm³/mol. The summed E-state index contributed by atoms with van der Waals surface area (Å²) in [7, 11) is 0. The Morgan fingerprint density at radius 2 is 1.83 bits per heavy atom. The molecule has 2 N–H and O–H groups in total. The summed E-state index contributed by atoms with van der Waals surface area (Å²) in [6.45, 7) is 0.124. The second-order valence-electron chi connectivity index (χ2n) is 5.14. The van der Waals surface area contributed by atoms with Crippen LogP contribution in [0.4, 0.5) is 0 Å². The fraction of sp³-hybridized carbons (Fsp3) is 0.278. The van der Waals surface area contributed by atoms with E-state index in [9.17, 15) is 4.79 Å². The van der Waals surface area contributed by atoms with Crippen molar-refractivity contribution >= 4 is 29.3 Å². The molecule has 1 atom stereocenters. The number of carbonyl (C=O) groups excluding carboxylic acids is 1. The minimum atomic E-state index is -0.0679. The lowest BCUT2D eigenvalue weighted by molar-refractivity contribution is -0.119. The first-order chi connectivity index (χ1) is 11.2. The van der Waals surface area contributed by atoms with Gasteiger partial charge in [-0.2, -0.15) is 0 Å². The average molecular weight is 350 g/mol. The van der Waals surface area contributed by atoms with Crippen LogP contribution in [0.2, 0.25) is 5.02 Å². The van der Waals surface area contributed by atoms with Gasteiger partial charge in [-0.25, -0.2) is 0 Å². The van der Waals surface area contributed by atoms with Crippen LogP contribution >= 0.6 is 23.4 Å². The maximum absolute atomic E-state index is 12.2. The largest absolute Gasteiger partial charge is 0.396 e. The maximum Gasteiger partial charge on any atom is 0.230 e. The molecule has 0 fully saturated rings. The van der Waals surface area contributed by atoms with Crippen molar-refractivity contribution in [1.29, 1.82) is 0 Å². The molecule has 0 spiro atoms. The topological polar surface area (TPSA) is 49.3 Å². The fourth-order valence-electron chi connectivity index (χ4n) is 2.22. The number of aliphatic hydroxyl groups excluding tert-OH is 1. The third kappa shape index (κ3) is 6.26. The molecule has 0 aromatic heterocycles. The molecule has 0 bridgehead atoms. The Labute approximate surface area is 146 Å². The number of nitrogens with one attached hydrogen (secondary N) is 1. The van der Waals surface area contributed by atoms with Gasteiger partial charge in [-0.1, -0.05) is 41.9 Å². The second-order valence-corrected chi connectivity index (χ2v) is 6.62. The van der Waals surface area contributed by atoms with Crippen molar-refractivity contribution in [3.8, 4) is 0 Å². The minimum absolute atomic E-state index is 0.0169. The van der Waals surface area contributed by atoms with Gasteiger partial charge in [-0.05, 0) is 42.7 Å². The number of rotatable bonds is 8. The number of amides is 1. The van der Waals surface area contributed by atoms with E-state index in [1.807, 2.05) is 54.6 Å². The molecule has 3 nitrogen and oxygen atoms in total. The minimum Gasteiger partial charge on any atom is -0.396 e. The third-order valence-electron chi connectivity index (χ3n) is 3.37. The van der Waals surface area contributed by atoms with Crippen molar-refractivity contribution < 1.29 is 9.90 Å². The van der Waals surface area contributed by atoms with E-state index in [0.717, 1.165) is 16.9 Å². The van der Waals surface area contributed by atoms with Gasteiger partial charge in [0, 0.05) is 16.5 Å². The molecule has 2 aromatic carbocycles. The molecule has 2 aromatic rings. The van der Waals surface area contributed by atoms with E-state index < -0.39 is 0 Å². The Morgan fingerprint density at radius 1 is 1.13 bits per heavy atom. The summed E-state index contributed by atoms with van der Waals surface area (Å²) in [5.74, 6) is 0.334. The molecule has 0 saturated carbocycles. The van der Waals surface area contributed by atoms with Gasteiger partial charge in [0.2, 0.25) is 5.91 Å². The van der Waals surface area contributed by atoms with Crippen LogP contribution in [0.1, 0.15) is 24.4 Å². The van der Waals surface area contributed by atoms with Gasteiger partial charge in [0.05, 0.1) is 11.8 Å². The number of carbonyl (C=O) groups is 1. The summed E-state index contributed by atoms with van der Waals surface area (Å²) in [6.07, 6.45) is 1.38. The first kappa shape index (κ1) is 17.9. The highest BCUT2D eigenvalue weighted by Gasteiger charge is 2.14. The summed E-state index contributed by atoms with van der Waals surface area (Å²) < 4.78 is 0. The molecule has 0 aliphatic rings. The van der Waals surface area contributed by atoms with Crippen LogP contribution < -0.4 is 5.32 Å². The Kier molecular flexibility index (Phi) is 7.46. The normalized spacial score (nSPS) is 11.9. The number of aliphatic hydroxyl groups is 1. The van der Waals surface area contributed by atoms with Crippen LogP contribution in [0.15, 0.2) is 59.5 Å². The molecule has 23 heavy (non-hydrogen) atoms. The zero-order valence-electron chi connectivity index (χ0n) is 12.7. The van der Waals surface area contributed by atoms with Crippen LogP contribution in [0.5, 0.6) is 0 Å². The molecule has 1 unspecified atom stereocenters. The Morgan fingerprint density at radius 3 is 2.48 bits per heavy atom. The van der Waals surface area contributed by atoms with E-state index in [0.29, 0.717) is 17.2 Å². The van der Waals surface area contributed by atoms with Gasteiger partial charge in [0.25, 0.3) is 0 Å². The molecular weight excluding hydrogens is 330 g/mol. The summed E-state index contributed by atoms with van der Waals surface area (Å²) in [4.78, 5) is 13.2. The van der Waals surface area contributed by atoms with Crippen LogP contribution in [-0.4, -0.2) is 23.4 Å². The molecule has 5 heteroatoms. The Bertz CT molecular complexity index is 604. The first-order valence-corrected chi connectivity index (χ1v) is 8.89. The highest BCUT2D eigenvalue weighted by molar-refractivity contribution is 8.00. The lowest BCUT2D eigenvalue weighted by atomic mass is 10.0. The third-order valence-corrected chi connectivity index (χ3v) is 4.64. The Hall–Kier alpha value is -1.49. The molecule has 2 rings (SSSR count). The molecular formula is C18H20ClNO2S. The SMILES string of the molecule is O=C(CSc1ccc(Cl)cc1)NC(CCCO)c1ccccc1. The number of hydrogen-bond acceptors (Lipinski definition) is 3. The number of benzene rings is 2. The average Bonchev–Trinajstić information content (AvgIpc) is 2.59. The summed E-state index contributed by atoms with van der Waals surface area (Å²) in [5.41, 5.74) is 1.06. The predicted octanol–water partition coefficient (Wildman–Crippen LogP) is 4.06. The summed E-state index contributed by atoms with van der Waals surface area (Å²) in [5, 5.41) is 12.8. The quantitative estimate of drug-likeness (QED) is 0.706. The van der Waals surface area contributed by atoms with E-state index in [1.54, 1.807) is 0 Å². The second kappa shape index (κ2) is 9.60. The monoisotopic (exact) mass is 349 g/mol. The van der Waals surface area contributed by atoms with Crippen molar-refractivity contribution in [1.82, 2.24) is 5.32 Å². The summed E-state index contributed by atoms with van der Waals surface area (Å²) in [6, 6.07) is 17.2. The number of halogens is 1. The van der Waals surface area contributed by atoms with Crippen molar-refractivity contribution in [2.75, 3.05) is 12.4 Å². The van der Waals surface area contributed by atoms with Crippen molar-refractivity contribution in [3.05, 3.63) is 65.2 Å². The van der Waals surface area contributed by atoms with Crippen LogP contribution in [-0.2, 0) is 4.79 Å². The van der Waals surface area contributed by atoms with E-state index in [2.05, 4.69) is 5.32 Å². The number of thioether (sulfide) groups is 1. The zero-order valence-corrected chi connectivity index (χ0v) is 14.3. The molecule has 0 aliphatic heterocycles. The highest BCUT2D eigenvalue weighted by Crippen LogP contribution is 2.22. The van der Waals surface area contributed by atoms with E-state index in [1.165, 1.54) is 11.8 Å². The molecule has 122 valence electrons. The number of hydrogen-bond donors (Lipinski definition) is 2. The summed E-state index contributed by atoms with van der Waals surface area (Å²) >= 11 is 7.33. The molecule has 0 heterocycles. The van der Waals surface area contributed by atoms with Gasteiger partial charge in [0.1, 0.15) is 0 Å². The highest BCUT2D eigenvalue weighted by atomic mass is 35.5. The molecule has 0 radical (unpaired) electrons. The van der Waals surface area contributed by atoms with Gasteiger partial charge in [0.15, 0.2) is 0 Å². The maximum atomic E-state index is 12.2. The molecule has 1 amide bonds. The van der Waals surface area contributed by atoms with Gasteiger partial charge in [-0.3, -0.25) is 4.79 Å². The van der Waals surface area contributed by atoms with Crippen molar-refractivity contribution in [2.45, 2.75) is 23.8 Å². The van der Waals surface area contributed by atoms with Crippen molar-refractivity contribution in [3.63, 3.8) is 0 Å². The molecule has 0 saturated heterocycles. The van der Waals surface area contributed by atoms with Gasteiger partial charge in [-0.15, -0.1) is 11.8 Å². The first-order valence-electron chi connectivity index (χ1n) is 7.52. The zero-order chi connectivity index (χ0) is 16.5. The Balaban J connectivity index is 1.90. The van der Waals surface area contributed by atoms with Crippen molar-refractivity contribution in [2.24, 2.45) is 0 Å². The van der Waals surface area contributed by atoms with Crippen LogP contribution in [0, 0.1) is 0 Å². The van der Waals surface area contributed by atoms with E-state index in [4.69, 9.17) is 16.7 Å². The molecule has 0 aliphatic carbocycles.